The van der Waals surface area contributed by atoms with Gasteiger partial charge in [-0.1, -0.05) is 31.3 Å². The van der Waals surface area contributed by atoms with Gasteiger partial charge >= 0.3 is 0 Å². The predicted molar refractivity (Wildman–Crippen MR) is 84.0 cm³/mol. The van der Waals surface area contributed by atoms with Crippen LogP contribution in [0.2, 0.25) is 0 Å². The van der Waals surface area contributed by atoms with Gasteiger partial charge in [-0.3, -0.25) is 4.79 Å². The van der Waals surface area contributed by atoms with Crippen LogP contribution in [0.25, 0.3) is 0 Å². The van der Waals surface area contributed by atoms with E-state index in [1.165, 1.54) is 19.3 Å². The van der Waals surface area contributed by atoms with Gasteiger partial charge in [0.15, 0.2) is 0 Å². The summed E-state index contributed by atoms with van der Waals surface area (Å²) in [4.78, 5) is 12.3. The lowest BCUT2D eigenvalue weighted by molar-refractivity contribution is 0.0946. The molecular formula is C18H23NO2. The minimum Gasteiger partial charge on any atom is -0.384 e. The lowest BCUT2D eigenvalue weighted by Crippen LogP contribution is -2.29. The molecule has 2 N–H and O–H groups in total. The fourth-order valence-corrected chi connectivity index (χ4v) is 2.93. The van der Waals surface area contributed by atoms with Gasteiger partial charge in [0, 0.05) is 17.7 Å². The molecule has 0 radical (unpaired) electrons. The van der Waals surface area contributed by atoms with E-state index < -0.39 is 0 Å². The largest absolute Gasteiger partial charge is 0.384 e. The highest BCUT2D eigenvalue weighted by Crippen LogP contribution is 2.29. The molecule has 3 heteroatoms. The SMILES string of the molecule is Cc1ccc(C#CCO)cc1C(=O)NCC1CCC(C)C1. The smallest absolute Gasteiger partial charge is 0.251 e. The van der Waals surface area contributed by atoms with Crippen LogP contribution in [0.4, 0.5) is 0 Å². The van der Waals surface area contributed by atoms with Crippen LogP contribution in [0, 0.1) is 30.6 Å². The Morgan fingerprint density at radius 3 is 2.90 bits per heavy atom. The Hall–Kier alpha value is -1.79. The van der Waals surface area contributed by atoms with Crippen molar-refractivity contribution >= 4 is 5.91 Å². The summed E-state index contributed by atoms with van der Waals surface area (Å²) in [6.07, 6.45) is 3.69. The monoisotopic (exact) mass is 285 g/mol. The number of carbonyl (C=O) groups excluding carboxylic acids is 1. The van der Waals surface area contributed by atoms with Crippen molar-refractivity contribution in [2.75, 3.05) is 13.2 Å². The average molecular weight is 285 g/mol. The summed E-state index contributed by atoms with van der Waals surface area (Å²) in [5.74, 6) is 6.81. The van der Waals surface area contributed by atoms with E-state index in [1.54, 1.807) is 6.07 Å². The van der Waals surface area contributed by atoms with Gasteiger partial charge in [0.05, 0.1) is 0 Å². The highest BCUT2D eigenvalue weighted by Gasteiger charge is 2.22. The van der Waals surface area contributed by atoms with Crippen LogP contribution in [0.1, 0.15) is 47.7 Å². The molecule has 0 aliphatic heterocycles. The molecule has 3 nitrogen and oxygen atoms in total. The van der Waals surface area contributed by atoms with Crippen molar-refractivity contribution in [3.8, 4) is 11.8 Å². The van der Waals surface area contributed by atoms with Gasteiger partial charge in [0.25, 0.3) is 5.91 Å². The predicted octanol–water partition coefficient (Wildman–Crippen LogP) is 2.50. The van der Waals surface area contributed by atoms with E-state index in [9.17, 15) is 4.79 Å². The minimum absolute atomic E-state index is 0.0281. The summed E-state index contributed by atoms with van der Waals surface area (Å²) in [6, 6.07) is 5.56. The zero-order valence-electron chi connectivity index (χ0n) is 12.8. The van der Waals surface area contributed by atoms with Crippen LogP contribution >= 0.6 is 0 Å². The van der Waals surface area contributed by atoms with E-state index in [1.807, 2.05) is 19.1 Å². The molecule has 0 aromatic heterocycles. The van der Waals surface area contributed by atoms with Crippen LogP contribution < -0.4 is 5.32 Å². The summed E-state index contributed by atoms with van der Waals surface area (Å²) in [7, 11) is 0. The first-order chi connectivity index (χ1) is 10.1. The Morgan fingerprint density at radius 2 is 2.24 bits per heavy atom. The first-order valence-corrected chi connectivity index (χ1v) is 7.58. The maximum atomic E-state index is 12.3. The molecule has 1 amide bonds. The molecule has 1 aromatic carbocycles. The number of amides is 1. The van der Waals surface area contributed by atoms with Gasteiger partial charge in [-0.2, -0.15) is 0 Å². The standard InChI is InChI=1S/C18H23NO2/c1-13-5-7-16(10-13)12-19-18(21)17-11-15(4-3-9-20)8-6-14(17)2/h6,8,11,13,16,20H,5,7,9-10,12H2,1-2H3,(H,19,21). The number of hydrogen-bond donors (Lipinski definition) is 2. The molecule has 1 saturated carbocycles. The van der Waals surface area contributed by atoms with Gasteiger partial charge in [0.1, 0.15) is 6.61 Å². The summed E-state index contributed by atoms with van der Waals surface area (Å²) < 4.78 is 0. The molecule has 21 heavy (non-hydrogen) atoms. The summed E-state index contributed by atoms with van der Waals surface area (Å²) in [6.45, 7) is 4.79. The molecular weight excluding hydrogens is 262 g/mol. The van der Waals surface area contributed by atoms with Crippen LogP contribution in [-0.4, -0.2) is 24.2 Å². The van der Waals surface area contributed by atoms with E-state index in [-0.39, 0.29) is 12.5 Å². The van der Waals surface area contributed by atoms with Crippen molar-refractivity contribution in [3.05, 3.63) is 34.9 Å². The number of nitrogens with one attached hydrogen (secondary N) is 1. The lowest BCUT2D eigenvalue weighted by Gasteiger charge is -2.12. The zero-order valence-corrected chi connectivity index (χ0v) is 12.8. The van der Waals surface area contributed by atoms with Crippen LogP contribution in [0.15, 0.2) is 18.2 Å². The van der Waals surface area contributed by atoms with Gasteiger partial charge in [-0.15, -0.1) is 0 Å². The molecule has 0 bridgehead atoms. The molecule has 0 heterocycles. The molecule has 1 fully saturated rings. The van der Waals surface area contributed by atoms with Crippen molar-refractivity contribution in [2.45, 2.75) is 33.1 Å². The number of aliphatic hydroxyl groups is 1. The Bertz CT molecular complexity index is 568. The molecule has 112 valence electrons. The second kappa shape index (κ2) is 7.28. The molecule has 0 saturated heterocycles. The molecule has 2 atom stereocenters. The Morgan fingerprint density at radius 1 is 1.43 bits per heavy atom. The highest BCUT2D eigenvalue weighted by molar-refractivity contribution is 5.96. The van der Waals surface area contributed by atoms with Crippen molar-refractivity contribution in [2.24, 2.45) is 11.8 Å². The van der Waals surface area contributed by atoms with E-state index in [4.69, 9.17) is 5.11 Å². The quantitative estimate of drug-likeness (QED) is 0.838. The van der Waals surface area contributed by atoms with E-state index in [0.717, 1.165) is 23.6 Å². The maximum Gasteiger partial charge on any atom is 0.251 e. The zero-order chi connectivity index (χ0) is 15.2. The van der Waals surface area contributed by atoms with Gasteiger partial charge in [-0.05, 0) is 49.3 Å². The Kier molecular flexibility index (Phi) is 5.41. The van der Waals surface area contributed by atoms with E-state index in [0.29, 0.717) is 11.5 Å². The number of benzene rings is 1. The fourth-order valence-electron chi connectivity index (χ4n) is 2.93. The molecule has 2 unspecified atom stereocenters. The summed E-state index contributed by atoms with van der Waals surface area (Å²) in [5, 5.41) is 11.8. The maximum absolute atomic E-state index is 12.3. The fraction of sp³-hybridized carbons (Fsp3) is 0.500. The second-order valence-electron chi connectivity index (χ2n) is 5.98. The Balaban J connectivity index is 2.01. The third-order valence-corrected chi connectivity index (χ3v) is 4.15. The van der Waals surface area contributed by atoms with Crippen molar-refractivity contribution in [3.63, 3.8) is 0 Å². The number of rotatable bonds is 3. The molecule has 1 aliphatic carbocycles. The average Bonchev–Trinajstić information content (AvgIpc) is 2.89. The minimum atomic E-state index is -0.171. The van der Waals surface area contributed by atoms with Gasteiger partial charge < -0.3 is 10.4 Å². The number of aliphatic hydroxyl groups excluding tert-OH is 1. The normalized spacial score (nSPS) is 20.7. The van der Waals surface area contributed by atoms with Crippen molar-refractivity contribution in [1.29, 1.82) is 0 Å². The molecule has 2 rings (SSSR count). The molecule has 1 aromatic rings. The van der Waals surface area contributed by atoms with E-state index >= 15 is 0 Å². The van der Waals surface area contributed by atoms with Gasteiger partial charge in [0.2, 0.25) is 0 Å². The third-order valence-electron chi connectivity index (χ3n) is 4.15. The highest BCUT2D eigenvalue weighted by atomic mass is 16.2. The second-order valence-corrected chi connectivity index (χ2v) is 5.98. The van der Waals surface area contributed by atoms with Gasteiger partial charge in [-0.25, -0.2) is 0 Å². The number of carbonyl (C=O) groups is 1. The summed E-state index contributed by atoms with van der Waals surface area (Å²) >= 11 is 0. The molecule has 1 aliphatic rings. The lowest BCUT2D eigenvalue weighted by atomic mass is 10.0. The van der Waals surface area contributed by atoms with Crippen LogP contribution in [0.5, 0.6) is 0 Å². The third kappa shape index (κ3) is 4.34. The Labute approximate surface area is 126 Å². The van der Waals surface area contributed by atoms with Crippen LogP contribution in [0.3, 0.4) is 0 Å². The van der Waals surface area contributed by atoms with Crippen molar-refractivity contribution < 1.29 is 9.90 Å². The van der Waals surface area contributed by atoms with Crippen molar-refractivity contribution in [1.82, 2.24) is 5.32 Å². The molecule has 0 spiro atoms. The number of hydrogen-bond acceptors (Lipinski definition) is 2. The number of aryl methyl sites for hydroxylation is 1. The van der Waals surface area contributed by atoms with Crippen LogP contribution in [-0.2, 0) is 0 Å². The summed E-state index contributed by atoms with van der Waals surface area (Å²) in [5.41, 5.74) is 2.38. The first-order valence-electron chi connectivity index (χ1n) is 7.58. The topological polar surface area (TPSA) is 49.3 Å². The first kappa shape index (κ1) is 15.6. The van der Waals surface area contributed by atoms with E-state index in [2.05, 4.69) is 24.1 Å².